The highest BCUT2D eigenvalue weighted by atomic mass is 127. The lowest BCUT2D eigenvalue weighted by Gasteiger charge is -2.33. The van der Waals surface area contributed by atoms with Crippen molar-refractivity contribution in [2.45, 2.75) is 45.2 Å². The van der Waals surface area contributed by atoms with E-state index >= 15 is 0 Å². The Morgan fingerprint density at radius 1 is 1.12 bits per heavy atom. The maximum Gasteiger partial charge on any atom is 0.191 e. The molecule has 0 bridgehead atoms. The van der Waals surface area contributed by atoms with Crippen LogP contribution in [0.1, 0.15) is 37.6 Å². The molecule has 0 saturated carbocycles. The van der Waals surface area contributed by atoms with Gasteiger partial charge in [-0.1, -0.05) is 18.2 Å². The Labute approximate surface area is 211 Å². The van der Waals surface area contributed by atoms with Gasteiger partial charge in [0.2, 0.25) is 0 Å². The Hall–Kier alpha value is -2.27. The summed E-state index contributed by atoms with van der Waals surface area (Å²) in [6.45, 7) is 6.58. The average molecular weight is 565 g/mol. The van der Waals surface area contributed by atoms with E-state index in [1.54, 1.807) is 0 Å². The average Bonchev–Trinajstić information content (AvgIpc) is 3.23. The summed E-state index contributed by atoms with van der Waals surface area (Å²) >= 11 is 0. The number of piperidine rings is 1. The standard InChI is InChI=1S/C24H32FN7.HI/c1-2-26-24(27-14-5-7-23-30-29-22-6-3-4-15-32(22)23)28-21-12-16-31(17-13-21)18-19-8-10-20(25)11-9-19;/h3-4,6,8-11,15,21H,2,5,7,12-14,16-18H2,1H3,(H2,26,27,28);1H. The quantitative estimate of drug-likeness (QED) is 0.189. The Balaban J connectivity index is 0.00000306. The molecule has 178 valence electrons. The second kappa shape index (κ2) is 12.8. The predicted octanol–water partition coefficient (Wildman–Crippen LogP) is 3.64. The first kappa shape index (κ1) is 25.4. The number of aliphatic imine (C=N–C) groups is 1. The largest absolute Gasteiger partial charge is 0.357 e. The number of pyridine rings is 1. The van der Waals surface area contributed by atoms with Gasteiger partial charge in [0.15, 0.2) is 11.6 Å². The molecule has 0 spiro atoms. The minimum atomic E-state index is -0.179. The van der Waals surface area contributed by atoms with Crippen LogP contribution in [0.2, 0.25) is 0 Å². The molecular formula is C24H33FIN7. The maximum absolute atomic E-state index is 13.1. The van der Waals surface area contributed by atoms with Crippen LogP contribution < -0.4 is 10.6 Å². The van der Waals surface area contributed by atoms with Gasteiger partial charge in [-0.3, -0.25) is 14.3 Å². The molecule has 1 aromatic carbocycles. The molecule has 1 aliphatic rings. The summed E-state index contributed by atoms with van der Waals surface area (Å²) < 4.78 is 15.1. The van der Waals surface area contributed by atoms with E-state index in [4.69, 9.17) is 4.99 Å². The van der Waals surface area contributed by atoms with E-state index in [1.165, 1.54) is 12.1 Å². The molecule has 0 amide bonds. The lowest BCUT2D eigenvalue weighted by Crippen LogP contribution is -2.48. The molecule has 0 atom stereocenters. The molecule has 2 N–H and O–H groups in total. The number of fused-ring (bicyclic) bond motifs is 1. The fourth-order valence-electron chi connectivity index (χ4n) is 4.09. The summed E-state index contributed by atoms with van der Waals surface area (Å²) in [7, 11) is 0. The first-order valence-corrected chi connectivity index (χ1v) is 11.5. The number of aryl methyl sites for hydroxylation is 1. The number of rotatable bonds is 8. The van der Waals surface area contributed by atoms with Gasteiger partial charge in [-0.25, -0.2) is 4.39 Å². The molecule has 33 heavy (non-hydrogen) atoms. The third kappa shape index (κ3) is 7.36. The molecule has 0 radical (unpaired) electrons. The second-order valence-electron chi connectivity index (χ2n) is 8.23. The summed E-state index contributed by atoms with van der Waals surface area (Å²) in [6.07, 6.45) is 5.90. The molecule has 2 aromatic heterocycles. The third-order valence-electron chi connectivity index (χ3n) is 5.80. The van der Waals surface area contributed by atoms with Crippen molar-refractivity contribution in [1.29, 1.82) is 0 Å². The van der Waals surface area contributed by atoms with Crippen LogP contribution in [-0.2, 0) is 13.0 Å². The molecular weight excluding hydrogens is 532 g/mol. The first-order valence-electron chi connectivity index (χ1n) is 11.5. The summed E-state index contributed by atoms with van der Waals surface area (Å²) in [6, 6.07) is 13.2. The summed E-state index contributed by atoms with van der Waals surface area (Å²) in [5.74, 6) is 1.68. The SMILES string of the molecule is CCNC(=NCCCc1nnc2ccccn12)NC1CCN(Cc2ccc(F)cc2)CC1.I. The number of halogens is 2. The summed E-state index contributed by atoms with van der Waals surface area (Å²) in [4.78, 5) is 7.20. The number of nitrogens with zero attached hydrogens (tertiary/aromatic N) is 5. The lowest BCUT2D eigenvalue weighted by atomic mass is 10.0. The third-order valence-corrected chi connectivity index (χ3v) is 5.80. The van der Waals surface area contributed by atoms with Gasteiger partial charge >= 0.3 is 0 Å². The molecule has 9 heteroatoms. The van der Waals surface area contributed by atoms with Crippen LogP contribution in [0.4, 0.5) is 4.39 Å². The van der Waals surface area contributed by atoms with E-state index in [1.807, 2.05) is 40.9 Å². The zero-order valence-electron chi connectivity index (χ0n) is 19.1. The Morgan fingerprint density at radius 2 is 1.91 bits per heavy atom. The number of hydrogen-bond donors (Lipinski definition) is 2. The molecule has 4 rings (SSSR count). The van der Waals surface area contributed by atoms with Gasteiger partial charge < -0.3 is 10.6 Å². The van der Waals surface area contributed by atoms with Gasteiger partial charge in [0.1, 0.15) is 11.6 Å². The molecule has 1 fully saturated rings. The second-order valence-corrected chi connectivity index (χ2v) is 8.23. The van der Waals surface area contributed by atoms with Crippen LogP contribution in [0, 0.1) is 5.82 Å². The van der Waals surface area contributed by atoms with Gasteiger partial charge in [0.25, 0.3) is 0 Å². The smallest absolute Gasteiger partial charge is 0.191 e. The lowest BCUT2D eigenvalue weighted by molar-refractivity contribution is 0.198. The van der Waals surface area contributed by atoms with Crippen molar-refractivity contribution >= 4 is 35.6 Å². The van der Waals surface area contributed by atoms with Crippen molar-refractivity contribution in [3.8, 4) is 0 Å². The van der Waals surface area contributed by atoms with E-state index < -0.39 is 0 Å². The van der Waals surface area contributed by atoms with Gasteiger partial charge in [0, 0.05) is 51.4 Å². The van der Waals surface area contributed by atoms with Crippen molar-refractivity contribution in [2.75, 3.05) is 26.2 Å². The van der Waals surface area contributed by atoms with Crippen molar-refractivity contribution in [1.82, 2.24) is 30.1 Å². The highest BCUT2D eigenvalue weighted by Crippen LogP contribution is 2.14. The molecule has 1 aliphatic heterocycles. The zero-order valence-corrected chi connectivity index (χ0v) is 21.4. The van der Waals surface area contributed by atoms with Crippen molar-refractivity contribution in [3.05, 3.63) is 65.9 Å². The molecule has 3 aromatic rings. The van der Waals surface area contributed by atoms with E-state index in [0.29, 0.717) is 6.04 Å². The number of guanidine groups is 1. The molecule has 0 unspecified atom stereocenters. The van der Waals surface area contributed by atoms with Gasteiger partial charge in [-0.2, -0.15) is 0 Å². The van der Waals surface area contributed by atoms with Crippen LogP contribution in [0.15, 0.2) is 53.7 Å². The topological polar surface area (TPSA) is 69.8 Å². The van der Waals surface area contributed by atoms with Gasteiger partial charge in [-0.15, -0.1) is 34.2 Å². The van der Waals surface area contributed by atoms with Crippen LogP contribution in [0.25, 0.3) is 5.65 Å². The van der Waals surface area contributed by atoms with Gasteiger partial charge in [0.05, 0.1) is 0 Å². The molecule has 3 heterocycles. The zero-order chi connectivity index (χ0) is 22.2. The predicted molar refractivity (Wildman–Crippen MR) is 141 cm³/mol. The van der Waals surface area contributed by atoms with Crippen LogP contribution in [-0.4, -0.2) is 57.7 Å². The van der Waals surface area contributed by atoms with E-state index in [0.717, 1.165) is 81.4 Å². The minimum Gasteiger partial charge on any atom is -0.357 e. The number of hydrogen-bond acceptors (Lipinski definition) is 4. The fraction of sp³-hybridized carbons (Fsp3) is 0.458. The Kier molecular flexibility index (Phi) is 9.86. The minimum absolute atomic E-state index is 0. The van der Waals surface area contributed by atoms with Gasteiger partial charge in [-0.05, 0) is 56.0 Å². The monoisotopic (exact) mass is 565 g/mol. The Morgan fingerprint density at radius 3 is 2.67 bits per heavy atom. The number of aromatic nitrogens is 3. The maximum atomic E-state index is 13.1. The highest BCUT2D eigenvalue weighted by Gasteiger charge is 2.20. The summed E-state index contributed by atoms with van der Waals surface area (Å²) in [5.41, 5.74) is 2.04. The van der Waals surface area contributed by atoms with Crippen molar-refractivity contribution < 1.29 is 4.39 Å². The molecule has 7 nitrogen and oxygen atoms in total. The van der Waals surface area contributed by atoms with Crippen LogP contribution in [0.5, 0.6) is 0 Å². The van der Waals surface area contributed by atoms with Crippen LogP contribution in [0.3, 0.4) is 0 Å². The van der Waals surface area contributed by atoms with E-state index in [2.05, 4.69) is 32.7 Å². The number of nitrogens with one attached hydrogen (secondary N) is 2. The van der Waals surface area contributed by atoms with E-state index in [-0.39, 0.29) is 29.8 Å². The summed E-state index contributed by atoms with van der Waals surface area (Å²) in [5, 5.41) is 15.5. The normalized spacial score (nSPS) is 15.4. The highest BCUT2D eigenvalue weighted by molar-refractivity contribution is 14.0. The number of likely N-dealkylation sites (tertiary alicyclic amines) is 1. The van der Waals surface area contributed by atoms with Crippen LogP contribution >= 0.6 is 24.0 Å². The van der Waals surface area contributed by atoms with Crippen molar-refractivity contribution in [2.24, 2.45) is 4.99 Å². The molecule has 1 saturated heterocycles. The van der Waals surface area contributed by atoms with Crippen molar-refractivity contribution in [3.63, 3.8) is 0 Å². The first-order chi connectivity index (χ1) is 15.7. The fourth-order valence-corrected chi connectivity index (χ4v) is 4.09. The number of benzene rings is 1. The Bertz CT molecular complexity index is 1010. The molecule has 0 aliphatic carbocycles. The van der Waals surface area contributed by atoms with E-state index in [9.17, 15) is 4.39 Å².